The number of allylic oxidation sites excluding steroid dienone is 3. The predicted molar refractivity (Wildman–Crippen MR) is 172 cm³/mol. The fraction of sp³-hybridized carbons (Fsp3) is 0.323. The lowest BCUT2D eigenvalue weighted by Gasteiger charge is -2.18. The molecule has 2 N–H and O–H groups in total. The Kier molecular flexibility index (Phi) is 12.7. The molecule has 0 saturated heterocycles. The Bertz CT molecular complexity index is 1550. The molecule has 3 atom stereocenters. The van der Waals surface area contributed by atoms with Crippen LogP contribution in [0.2, 0.25) is 0 Å². The molecule has 0 bridgehead atoms. The third kappa shape index (κ3) is 9.47. The number of hydrogen-bond acceptors (Lipinski definition) is 9. The van der Waals surface area contributed by atoms with Crippen LogP contribution in [0.1, 0.15) is 43.9 Å². The Morgan fingerprint density at radius 1 is 0.932 bits per heavy atom. The van der Waals surface area contributed by atoms with Crippen molar-refractivity contribution < 1.29 is 37.3 Å². The van der Waals surface area contributed by atoms with Crippen LogP contribution >= 0.6 is 23.5 Å². The van der Waals surface area contributed by atoms with Crippen molar-refractivity contribution in [1.82, 2.24) is 10.6 Å². The summed E-state index contributed by atoms with van der Waals surface area (Å²) in [5, 5.41) is 4.17. The van der Waals surface area contributed by atoms with Crippen molar-refractivity contribution in [2.24, 2.45) is 0 Å². The van der Waals surface area contributed by atoms with Gasteiger partial charge in [-0.25, -0.2) is 9.18 Å². The molecule has 0 heterocycles. The van der Waals surface area contributed by atoms with E-state index in [0.717, 1.165) is 52.9 Å². The van der Waals surface area contributed by atoms with Crippen molar-refractivity contribution in [3.05, 3.63) is 70.5 Å². The minimum atomic E-state index is -1.11. The lowest BCUT2D eigenvalue weighted by molar-refractivity contribution is -0.144. The monoisotopic (exact) mass is 660 g/mol. The van der Waals surface area contributed by atoms with E-state index in [9.17, 15) is 32.6 Å². The quantitative estimate of drug-likeness (QED) is 0.324. The largest absolute Gasteiger partial charge is 0.467 e. The van der Waals surface area contributed by atoms with Crippen molar-refractivity contribution in [1.29, 1.82) is 0 Å². The maximum atomic E-state index is 14.3. The Morgan fingerprint density at radius 3 is 2.14 bits per heavy atom. The summed E-state index contributed by atoms with van der Waals surface area (Å²) in [6.07, 6.45) is 3.49. The van der Waals surface area contributed by atoms with Crippen LogP contribution in [0.5, 0.6) is 0 Å². The highest BCUT2D eigenvalue weighted by molar-refractivity contribution is 8.15. The van der Waals surface area contributed by atoms with Gasteiger partial charge in [-0.2, -0.15) is 0 Å². The van der Waals surface area contributed by atoms with E-state index in [1.54, 1.807) is 24.5 Å². The fourth-order valence-electron chi connectivity index (χ4n) is 4.51. The number of rotatable bonds is 12. The first kappa shape index (κ1) is 34.9. The minimum absolute atomic E-state index is 0.0425. The molecule has 2 aromatic carbocycles. The summed E-state index contributed by atoms with van der Waals surface area (Å²) in [6.45, 7) is 4.33. The van der Waals surface area contributed by atoms with E-state index >= 15 is 0 Å². The fourth-order valence-corrected chi connectivity index (χ4v) is 6.86. The van der Waals surface area contributed by atoms with Gasteiger partial charge in [0.25, 0.3) is 0 Å². The number of benzene rings is 2. The number of methoxy groups -OCH3 is 1. The highest BCUT2D eigenvalue weighted by Gasteiger charge is 2.29. The van der Waals surface area contributed by atoms with Crippen LogP contribution in [0.4, 0.5) is 4.39 Å². The number of esters is 1. The van der Waals surface area contributed by atoms with Crippen molar-refractivity contribution in [2.75, 3.05) is 24.9 Å². The van der Waals surface area contributed by atoms with E-state index in [0.29, 0.717) is 16.0 Å². The molecule has 2 amide bonds. The number of carbonyl (C=O) groups excluding carboxylic acids is 5. The number of nitrogens with one attached hydrogen (secondary N) is 2. The van der Waals surface area contributed by atoms with Gasteiger partial charge in [-0.1, -0.05) is 41.7 Å². The van der Waals surface area contributed by atoms with E-state index < -0.39 is 51.6 Å². The van der Waals surface area contributed by atoms with Crippen LogP contribution in [-0.2, 0) is 39.5 Å². The highest BCUT2D eigenvalue weighted by atomic mass is 32.2. The third-order valence-corrected chi connectivity index (χ3v) is 9.60. The van der Waals surface area contributed by atoms with Gasteiger partial charge in [-0.05, 0) is 70.7 Å². The molecule has 3 unspecified atom stereocenters. The summed E-state index contributed by atoms with van der Waals surface area (Å²) in [5.74, 6) is -2.30. The molecular formula is C31H33FN2O7S3. The van der Waals surface area contributed by atoms with Gasteiger partial charge in [0.2, 0.25) is 16.9 Å². The first-order valence-corrected chi connectivity index (χ1v) is 16.9. The third-order valence-electron chi connectivity index (χ3n) is 6.63. The van der Waals surface area contributed by atoms with Crippen LogP contribution in [0, 0.1) is 5.82 Å². The summed E-state index contributed by atoms with van der Waals surface area (Å²) >= 11 is 1.59. The Morgan fingerprint density at radius 2 is 1.55 bits per heavy atom. The van der Waals surface area contributed by atoms with E-state index in [2.05, 4.69) is 15.4 Å². The molecule has 1 aliphatic rings. The number of carbonyl (C=O) groups is 5. The standard InChI is InChI=1S/C31H33FN2O7S3/c1-17-24(12-20-6-9-22(10-7-20)44(5)40)23-11-8-21(32)13-26(23)25(17)14-29(37)42-16-28(34-19(3)36)31(39)43-15-27(30(38)41-4)33-18(2)35/h6-13,27-28H,14-16H2,1-5H3,(H,33,35)(H,34,36). The second kappa shape index (κ2) is 16.0. The molecule has 13 heteroatoms. The van der Waals surface area contributed by atoms with Gasteiger partial charge in [-0.15, -0.1) is 0 Å². The molecule has 44 heavy (non-hydrogen) atoms. The van der Waals surface area contributed by atoms with Crippen LogP contribution in [0.15, 0.2) is 52.9 Å². The van der Waals surface area contributed by atoms with Gasteiger partial charge >= 0.3 is 5.97 Å². The van der Waals surface area contributed by atoms with Crippen molar-refractivity contribution in [3.8, 4) is 0 Å². The lowest BCUT2D eigenvalue weighted by Crippen LogP contribution is -2.44. The maximum Gasteiger partial charge on any atom is 0.329 e. The summed E-state index contributed by atoms with van der Waals surface area (Å²) in [5.41, 5.74) is 4.53. The maximum absolute atomic E-state index is 14.3. The Hall–Kier alpha value is -3.55. The van der Waals surface area contributed by atoms with Crippen LogP contribution in [0.25, 0.3) is 17.2 Å². The van der Waals surface area contributed by atoms with Crippen molar-refractivity contribution in [3.63, 3.8) is 0 Å². The molecule has 0 saturated carbocycles. The first-order valence-electron chi connectivity index (χ1n) is 13.4. The molecule has 3 rings (SSSR count). The number of ether oxygens (including phenoxy) is 1. The Balaban J connectivity index is 1.76. The van der Waals surface area contributed by atoms with Gasteiger partial charge in [0.1, 0.15) is 17.9 Å². The van der Waals surface area contributed by atoms with E-state index in [-0.39, 0.29) is 23.0 Å². The molecular weight excluding hydrogens is 628 g/mol. The zero-order valence-corrected chi connectivity index (χ0v) is 27.3. The lowest BCUT2D eigenvalue weighted by atomic mass is 10.0. The smallest absolute Gasteiger partial charge is 0.329 e. The first-order chi connectivity index (χ1) is 20.8. The van der Waals surface area contributed by atoms with Crippen LogP contribution in [-0.4, -0.2) is 69.2 Å². The number of halogens is 1. The molecule has 0 aromatic heterocycles. The van der Waals surface area contributed by atoms with E-state index in [4.69, 9.17) is 0 Å². The summed E-state index contributed by atoms with van der Waals surface area (Å²) in [7, 11) is 0.0490. The second-order valence-electron chi connectivity index (χ2n) is 9.89. The molecule has 9 nitrogen and oxygen atoms in total. The molecule has 1 aliphatic carbocycles. The molecule has 0 aliphatic heterocycles. The van der Waals surface area contributed by atoms with Gasteiger partial charge in [-0.3, -0.25) is 23.4 Å². The summed E-state index contributed by atoms with van der Waals surface area (Å²) in [4.78, 5) is 62.0. The summed E-state index contributed by atoms with van der Waals surface area (Å²) in [6, 6.07) is 9.58. The SMILES string of the molecule is COC(=O)C(CSC(=O)C(CSC(=O)CC1=C(C)C(=Cc2ccc(S(C)=O)cc2)c2ccc(F)cc21)NC(C)=O)NC(C)=O. The van der Waals surface area contributed by atoms with Crippen molar-refractivity contribution in [2.45, 2.75) is 44.2 Å². The number of thioether (sulfide) groups is 2. The average molecular weight is 661 g/mol. The van der Waals surface area contributed by atoms with E-state index in [1.807, 2.05) is 25.1 Å². The zero-order valence-electron chi connectivity index (χ0n) is 24.9. The molecule has 2 aromatic rings. The molecule has 0 fully saturated rings. The molecule has 0 radical (unpaired) electrons. The number of amides is 2. The van der Waals surface area contributed by atoms with Crippen molar-refractivity contribution >= 4 is 79.6 Å². The average Bonchev–Trinajstić information content (AvgIpc) is 3.21. The van der Waals surface area contributed by atoms with Gasteiger partial charge in [0, 0.05) is 53.7 Å². The van der Waals surface area contributed by atoms with Gasteiger partial charge < -0.3 is 15.4 Å². The molecule has 234 valence electrons. The van der Waals surface area contributed by atoms with Crippen LogP contribution < -0.4 is 10.6 Å². The highest BCUT2D eigenvalue weighted by Crippen LogP contribution is 2.44. The molecule has 0 spiro atoms. The number of fused-ring (bicyclic) bond motifs is 1. The summed E-state index contributed by atoms with van der Waals surface area (Å²) < 4.78 is 30.7. The van der Waals surface area contributed by atoms with E-state index in [1.165, 1.54) is 26.0 Å². The zero-order chi connectivity index (χ0) is 32.6. The van der Waals surface area contributed by atoms with Crippen LogP contribution in [0.3, 0.4) is 0 Å². The topological polar surface area (TPSA) is 136 Å². The van der Waals surface area contributed by atoms with Gasteiger partial charge in [0.15, 0.2) is 5.12 Å². The second-order valence-corrected chi connectivity index (χ2v) is 13.4. The Labute approximate surface area is 266 Å². The normalized spacial score (nSPS) is 15.3. The van der Waals surface area contributed by atoms with Gasteiger partial charge in [0.05, 0.1) is 7.11 Å². The number of hydrogen-bond donors (Lipinski definition) is 2. The minimum Gasteiger partial charge on any atom is -0.467 e. The predicted octanol–water partition coefficient (Wildman–Crippen LogP) is 3.98.